The van der Waals surface area contributed by atoms with Gasteiger partial charge in [0, 0.05) is 20.2 Å². The molecule has 2 radical (unpaired) electrons. The van der Waals surface area contributed by atoms with Crippen molar-refractivity contribution in [2.45, 2.75) is 0 Å². The van der Waals surface area contributed by atoms with E-state index in [4.69, 9.17) is 7.85 Å². The Bertz CT molecular complexity index is 1250. The zero-order valence-corrected chi connectivity index (χ0v) is 15.0. The number of rotatable bonds is 2. The van der Waals surface area contributed by atoms with E-state index in [1.807, 2.05) is 29.5 Å². The molecule has 1 aromatic heterocycles. The molecule has 5 rings (SSSR count). The lowest BCUT2D eigenvalue weighted by Crippen LogP contribution is -2.00. The van der Waals surface area contributed by atoms with Crippen molar-refractivity contribution in [1.29, 1.82) is 0 Å². The van der Waals surface area contributed by atoms with E-state index < -0.39 is 0 Å². The molecule has 0 aliphatic heterocycles. The van der Waals surface area contributed by atoms with Gasteiger partial charge in [0.25, 0.3) is 0 Å². The van der Waals surface area contributed by atoms with Crippen LogP contribution >= 0.6 is 11.3 Å². The van der Waals surface area contributed by atoms with Gasteiger partial charge in [0.2, 0.25) is 0 Å². The second-order valence-corrected chi connectivity index (χ2v) is 7.54. The van der Waals surface area contributed by atoms with Crippen molar-refractivity contribution in [2.24, 2.45) is 0 Å². The smallest absolute Gasteiger partial charge is 0.113 e. The third-order valence-electron chi connectivity index (χ3n) is 4.80. The van der Waals surface area contributed by atoms with E-state index in [0.29, 0.717) is 0 Å². The fourth-order valence-corrected chi connectivity index (χ4v) is 4.80. The molecule has 0 aliphatic carbocycles. The van der Waals surface area contributed by atoms with Crippen LogP contribution in [0.2, 0.25) is 0 Å². The van der Waals surface area contributed by atoms with Crippen molar-refractivity contribution >= 4 is 44.8 Å². The first-order chi connectivity index (χ1) is 12.8. The Hall–Kier alpha value is -2.84. The zero-order chi connectivity index (χ0) is 17.5. The highest BCUT2D eigenvalue weighted by molar-refractivity contribution is 7.26. The normalized spacial score (nSPS) is 11.2. The lowest BCUT2D eigenvalue weighted by atomic mass is 9.91. The topological polar surface area (TPSA) is 0 Å². The molecule has 2 heteroatoms. The summed E-state index contributed by atoms with van der Waals surface area (Å²) < 4.78 is 2.68. The summed E-state index contributed by atoms with van der Waals surface area (Å²) in [5.41, 5.74) is 5.65. The van der Waals surface area contributed by atoms with Gasteiger partial charge in [-0.2, -0.15) is 0 Å². The molecule has 120 valence electrons. The second-order valence-electron chi connectivity index (χ2n) is 6.49. The number of benzene rings is 4. The molecule has 0 N–H and O–H groups in total. The van der Waals surface area contributed by atoms with E-state index in [0.717, 1.165) is 11.0 Å². The van der Waals surface area contributed by atoms with Crippen molar-refractivity contribution < 1.29 is 0 Å². The Balaban J connectivity index is 1.72. The molecule has 0 fully saturated rings. The summed E-state index contributed by atoms with van der Waals surface area (Å²) in [5, 5.41) is 2.67. The fraction of sp³-hybridized carbons (Fsp3) is 0. The maximum Gasteiger partial charge on any atom is 0.113 e. The van der Waals surface area contributed by atoms with E-state index in [1.165, 1.54) is 36.9 Å². The van der Waals surface area contributed by atoms with Gasteiger partial charge in [0.1, 0.15) is 7.85 Å². The van der Waals surface area contributed by atoms with Crippen LogP contribution in [0.25, 0.3) is 42.4 Å². The van der Waals surface area contributed by atoms with Gasteiger partial charge in [0.15, 0.2) is 0 Å². The van der Waals surface area contributed by atoms with Crippen molar-refractivity contribution in [3.05, 3.63) is 91.0 Å². The van der Waals surface area contributed by atoms with Gasteiger partial charge in [-0.05, 0) is 34.4 Å². The van der Waals surface area contributed by atoms with Crippen LogP contribution < -0.4 is 5.46 Å². The van der Waals surface area contributed by atoms with Crippen LogP contribution in [0, 0.1) is 0 Å². The number of fused-ring (bicyclic) bond motifs is 3. The van der Waals surface area contributed by atoms with Crippen LogP contribution in [0.1, 0.15) is 0 Å². The van der Waals surface area contributed by atoms with Crippen LogP contribution in [0.15, 0.2) is 91.0 Å². The highest BCUT2D eigenvalue weighted by Crippen LogP contribution is 2.40. The minimum atomic E-state index is 0.791. The van der Waals surface area contributed by atoms with E-state index in [2.05, 4.69) is 72.8 Å². The van der Waals surface area contributed by atoms with Gasteiger partial charge in [-0.25, -0.2) is 0 Å². The van der Waals surface area contributed by atoms with Crippen LogP contribution in [-0.4, -0.2) is 7.85 Å². The Morgan fingerprint density at radius 1 is 0.577 bits per heavy atom. The predicted octanol–water partition coefficient (Wildman–Crippen LogP) is 6.18. The quantitative estimate of drug-likeness (QED) is 0.335. The molecule has 0 saturated heterocycles. The standard InChI is InChI=1S/C24H15BS/c25-19-9-4-7-17(15-19)16-6-3-8-18(14-16)20-11-5-12-22-21-10-1-2-13-23(21)26-24(20)22/h1-15H. The van der Waals surface area contributed by atoms with Crippen molar-refractivity contribution in [3.8, 4) is 22.3 Å². The summed E-state index contributed by atoms with van der Waals surface area (Å²) in [6.45, 7) is 0. The molecule has 0 spiro atoms. The molecule has 0 unspecified atom stereocenters. The molecule has 1 heterocycles. The third kappa shape index (κ3) is 2.54. The molecular weight excluding hydrogens is 331 g/mol. The number of hydrogen-bond donors (Lipinski definition) is 0. The van der Waals surface area contributed by atoms with Crippen molar-refractivity contribution in [3.63, 3.8) is 0 Å². The van der Waals surface area contributed by atoms with E-state index in [-0.39, 0.29) is 0 Å². The summed E-state index contributed by atoms with van der Waals surface area (Å²) in [6.07, 6.45) is 0. The average Bonchev–Trinajstić information content (AvgIpc) is 3.07. The summed E-state index contributed by atoms with van der Waals surface area (Å²) in [7, 11) is 5.96. The molecule has 0 bridgehead atoms. The molecule has 0 amide bonds. The summed E-state index contributed by atoms with van der Waals surface area (Å²) in [4.78, 5) is 0. The van der Waals surface area contributed by atoms with Gasteiger partial charge >= 0.3 is 0 Å². The van der Waals surface area contributed by atoms with Crippen LogP contribution in [0.5, 0.6) is 0 Å². The summed E-state index contributed by atoms with van der Waals surface area (Å²) >= 11 is 1.87. The monoisotopic (exact) mass is 346 g/mol. The molecule has 26 heavy (non-hydrogen) atoms. The lowest BCUT2D eigenvalue weighted by Gasteiger charge is -2.08. The Kier molecular flexibility index (Phi) is 3.65. The molecule has 5 aromatic rings. The van der Waals surface area contributed by atoms with Crippen molar-refractivity contribution in [2.75, 3.05) is 0 Å². The first-order valence-electron chi connectivity index (χ1n) is 8.66. The van der Waals surface area contributed by atoms with Gasteiger partial charge in [-0.15, -0.1) is 11.3 Å². The first kappa shape index (κ1) is 15.4. The maximum atomic E-state index is 5.96. The highest BCUT2D eigenvalue weighted by Gasteiger charge is 2.10. The third-order valence-corrected chi connectivity index (χ3v) is 6.02. The van der Waals surface area contributed by atoms with E-state index in [1.54, 1.807) is 0 Å². The maximum absolute atomic E-state index is 5.96. The zero-order valence-electron chi connectivity index (χ0n) is 14.1. The SMILES string of the molecule is [B]c1cccc(-c2cccc(-c3cccc4c3sc3ccccc34)c2)c1. The number of thiophene rings is 1. The van der Waals surface area contributed by atoms with Crippen LogP contribution in [0.3, 0.4) is 0 Å². The van der Waals surface area contributed by atoms with Gasteiger partial charge in [-0.1, -0.05) is 84.3 Å². The largest absolute Gasteiger partial charge is 0.135 e. The molecular formula is C24H15BS. The molecule has 0 atom stereocenters. The van der Waals surface area contributed by atoms with Crippen molar-refractivity contribution in [1.82, 2.24) is 0 Å². The van der Waals surface area contributed by atoms with E-state index in [9.17, 15) is 0 Å². The second kappa shape index (κ2) is 6.15. The Morgan fingerprint density at radius 2 is 1.27 bits per heavy atom. The Labute approximate surface area is 158 Å². The average molecular weight is 346 g/mol. The van der Waals surface area contributed by atoms with Gasteiger partial charge in [0.05, 0.1) is 0 Å². The summed E-state index contributed by atoms with van der Waals surface area (Å²) in [5.74, 6) is 0. The minimum absolute atomic E-state index is 0.791. The first-order valence-corrected chi connectivity index (χ1v) is 9.48. The minimum Gasteiger partial charge on any atom is -0.135 e. The molecule has 0 aliphatic rings. The summed E-state index contributed by atoms with van der Waals surface area (Å²) in [6, 6.07) is 32.0. The van der Waals surface area contributed by atoms with Crippen LogP contribution in [0.4, 0.5) is 0 Å². The molecule has 0 nitrogen and oxygen atoms in total. The fourth-order valence-electron chi connectivity index (χ4n) is 3.56. The van der Waals surface area contributed by atoms with Gasteiger partial charge < -0.3 is 0 Å². The Morgan fingerprint density at radius 3 is 2.15 bits per heavy atom. The molecule has 4 aromatic carbocycles. The highest BCUT2D eigenvalue weighted by atomic mass is 32.1. The number of hydrogen-bond acceptors (Lipinski definition) is 1. The van der Waals surface area contributed by atoms with Crippen LogP contribution in [-0.2, 0) is 0 Å². The lowest BCUT2D eigenvalue weighted by molar-refractivity contribution is 1.62. The molecule has 0 saturated carbocycles. The van der Waals surface area contributed by atoms with Gasteiger partial charge in [-0.3, -0.25) is 0 Å². The predicted molar refractivity (Wildman–Crippen MR) is 116 cm³/mol. The van der Waals surface area contributed by atoms with E-state index >= 15 is 0 Å².